The number of hydrogen-bond acceptors (Lipinski definition) is 5. The Balaban J connectivity index is 0.000000343. The summed E-state index contributed by atoms with van der Waals surface area (Å²) in [6, 6.07) is 5.17. The lowest BCUT2D eigenvalue weighted by molar-refractivity contribution is -0.134. The molecule has 3 atom stereocenters. The third-order valence-corrected chi connectivity index (χ3v) is 5.78. The molecule has 3 unspecified atom stereocenters. The van der Waals surface area contributed by atoms with E-state index in [1.807, 2.05) is 24.1 Å². The van der Waals surface area contributed by atoms with Gasteiger partial charge in [0.25, 0.3) is 5.91 Å². The maximum atomic E-state index is 12.4. The monoisotopic (exact) mass is 417 g/mol. The lowest BCUT2D eigenvalue weighted by atomic mass is 9.97. The number of nitrogens with zero attached hydrogens (tertiary/aromatic N) is 3. The van der Waals surface area contributed by atoms with Crippen molar-refractivity contribution in [2.24, 2.45) is 5.92 Å². The van der Waals surface area contributed by atoms with Gasteiger partial charge in [0.2, 0.25) is 0 Å². The van der Waals surface area contributed by atoms with Gasteiger partial charge in [-0.05, 0) is 64.1 Å². The Labute approximate surface area is 177 Å². The highest BCUT2D eigenvalue weighted by atomic mass is 16.4. The lowest BCUT2D eigenvalue weighted by Gasteiger charge is -2.28. The van der Waals surface area contributed by atoms with Crippen molar-refractivity contribution in [2.45, 2.75) is 51.6 Å². The van der Waals surface area contributed by atoms with Gasteiger partial charge in [-0.1, -0.05) is 0 Å². The van der Waals surface area contributed by atoms with Crippen LogP contribution in [0.5, 0.6) is 0 Å². The largest absolute Gasteiger partial charge is 0.478 e. The Bertz CT molecular complexity index is 769. The minimum atomic E-state index is -1.26. The zero-order valence-electron chi connectivity index (χ0n) is 17.8. The van der Waals surface area contributed by atoms with Crippen molar-refractivity contribution in [1.82, 2.24) is 14.8 Å². The highest BCUT2D eigenvalue weighted by molar-refractivity contribution is 5.95. The van der Waals surface area contributed by atoms with Gasteiger partial charge in [-0.15, -0.1) is 0 Å². The number of aliphatic carboxylic acids is 2. The number of carboxylic acids is 2. The zero-order chi connectivity index (χ0) is 22.3. The van der Waals surface area contributed by atoms with Crippen molar-refractivity contribution in [3.05, 3.63) is 41.7 Å². The van der Waals surface area contributed by atoms with Crippen LogP contribution in [0.1, 0.15) is 49.2 Å². The highest BCUT2D eigenvalue weighted by Gasteiger charge is 2.30. The minimum Gasteiger partial charge on any atom is -0.478 e. The number of pyridine rings is 1. The number of fused-ring (bicyclic) bond motifs is 1. The lowest BCUT2D eigenvalue weighted by Crippen LogP contribution is -2.36. The van der Waals surface area contributed by atoms with E-state index in [0.29, 0.717) is 30.2 Å². The van der Waals surface area contributed by atoms with Gasteiger partial charge in [0.05, 0.1) is 11.3 Å². The summed E-state index contributed by atoms with van der Waals surface area (Å²) in [6.45, 7) is 6.65. The predicted molar refractivity (Wildman–Crippen MR) is 112 cm³/mol. The van der Waals surface area contributed by atoms with Gasteiger partial charge >= 0.3 is 11.9 Å². The fourth-order valence-electron chi connectivity index (χ4n) is 4.17. The van der Waals surface area contributed by atoms with Gasteiger partial charge in [0.15, 0.2) is 0 Å². The Morgan fingerprint density at radius 2 is 1.77 bits per heavy atom. The topological polar surface area (TPSA) is 111 Å². The highest BCUT2D eigenvalue weighted by Crippen LogP contribution is 2.26. The standard InChI is InChI=1S/C18H27N3O.C4H4O4/c1-13-6-7-14(2)21(13)10-8-15-11-17-16(5-4-9-19-17)18(22)20(3)12-15;5-3(6)1-2-4(7)8/h4-5,9,13-15H,6-8,10-12H2,1-3H3;1-2H,(H,5,6)(H,7,8). The maximum absolute atomic E-state index is 12.4. The molecule has 2 N–H and O–H groups in total. The molecule has 1 saturated heterocycles. The first-order valence-corrected chi connectivity index (χ1v) is 10.3. The van der Waals surface area contributed by atoms with Crippen molar-refractivity contribution in [1.29, 1.82) is 0 Å². The van der Waals surface area contributed by atoms with Crippen LogP contribution < -0.4 is 0 Å². The van der Waals surface area contributed by atoms with Gasteiger partial charge < -0.3 is 15.1 Å². The summed E-state index contributed by atoms with van der Waals surface area (Å²) in [5.74, 6) is -1.89. The average molecular weight is 418 g/mol. The molecule has 8 heteroatoms. The van der Waals surface area contributed by atoms with Crippen LogP contribution in [-0.4, -0.2) is 75.1 Å². The SMILES string of the molecule is CC1CCC(C)N1CCC1Cc2ncccc2C(=O)N(C)C1.O=C(O)C=CC(=O)O. The molecule has 0 spiro atoms. The first kappa shape index (κ1) is 23.5. The summed E-state index contributed by atoms with van der Waals surface area (Å²) in [4.78, 5) is 40.5. The van der Waals surface area contributed by atoms with Gasteiger partial charge in [0, 0.05) is 44.0 Å². The second-order valence-corrected chi connectivity index (χ2v) is 8.07. The molecule has 3 rings (SSSR count). The number of amides is 1. The molecule has 2 aliphatic rings. The smallest absolute Gasteiger partial charge is 0.328 e. The molecule has 1 fully saturated rings. The van der Waals surface area contributed by atoms with Gasteiger partial charge in [-0.3, -0.25) is 14.7 Å². The molecular formula is C22H31N3O5. The van der Waals surface area contributed by atoms with E-state index in [0.717, 1.165) is 37.2 Å². The van der Waals surface area contributed by atoms with E-state index in [1.165, 1.54) is 12.8 Å². The van der Waals surface area contributed by atoms with E-state index in [2.05, 4.69) is 23.7 Å². The summed E-state index contributed by atoms with van der Waals surface area (Å²) in [6.07, 6.45) is 7.61. The number of carboxylic acid groups (broad SMARTS) is 2. The van der Waals surface area contributed by atoms with E-state index in [-0.39, 0.29) is 5.91 Å². The number of carbonyl (C=O) groups is 3. The van der Waals surface area contributed by atoms with Crippen molar-refractivity contribution < 1.29 is 24.6 Å². The van der Waals surface area contributed by atoms with Crippen LogP contribution in [0.3, 0.4) is 0 Å². The number of rotatable bonds is 5. The molecule has 3 heterocycles. The molecule has 1 aromatic rings. The normalized spacial score (nSPS) is 24.2. The molecule has 1 aromatic heterocycles. The Hall–Kier alpha value is -2.74. The quantitative estimate of drug-likeness (QED) is 0.707. The van der Waals surface area contributed by atoms with E-state index < -0.39 is 11.9 Å². The second-order valence-electron chi connectivity index (χ2n) is 8.07. The molecule has 8 nitrogen and oxygen atoms in total. The first-order valence-electron chi connectivity index (χ1n) is 10.3. The summed E-state index contributed by atoms with van der Waals surface area (Å²) in [5, 5.41) is 15.6. The van der Waals surface area contributed by atoms with Crippen LogP contribution in [0.25, 0.3) is 0 Å². The molecule has 2 aliphatic heterocycles. The zero-order valence-corrected chi connectivity index (χ0v) is 17.8. The van der Waals surface area contributed by atoms with Gasteiger partial charge in [-0.2, -0.15) is 0 Å². The Morgan fingerprint density at radius 3 is 2.33 bits per heavy atom. The van der Waals surface area contributed by atoms with E-state index in [4.69, 9.17) is 10.2 Å². The number of aromatic nitrogens is 1. The molecule has 30 heavy (non-hydrogen) atoms. The molecule has 0 aromatic carbocycles. The van der Waals surface area contributed by atoms with Gasteiger partial charge in [0.1, 0.15) is 0 Å². The maximum Gasteiger partial charge on any atom is 0.328 e. The summed E-state index contributed by atoms with van der Waals surface area (Å²) >= 11 is 0. The third-order valence-electron chi connectivity index (χ3n) is 5.78. The predicted octanol–water partition coefficient (Wildman–Crippen LogP) is 2.30. The number of carbonyl (C=O) groups excluding carboxylic acids is 1. The second kappa shape index (κ2) is 10.9. The molecule has 1 amide bonds. The third kappa shape index (κ3) is 6.66. The van der Waals surface area contributed by atoms with Crippen molar-refractivity contribution >= 4 is 17.8 Å². The summed E-state index contributed by atoms with van der Waals surface area (Å²) in [5.41, 5.74) is 1.76. The fraction of sp³-hybridized carbons (Fsp3) is 0.545. The molecule has 164 valence electrons. The van der Waals surface area contributed by atoms with Crippen LogP contribution in [-0.2, 0) is 16.0 Å². The van der Waals surface area contributed by atoms with Crippen LogP contribution >= 0.6 is 0 Å². The van der Waals surface area contributed by atoms with Crippen LogP contribution in [0, 0.1) is 5.92 Å². The van der Waals surface area contributed by atoms with E-state index in [9.17, 15) is 14.4 Å². The first-order chi connectivity index (χ1) is 14.2. The van der Waals surface area contributed by atoms with Crippen LogP contribution in [0.2, 0.25) is 0 Å². The van der Waals surface area contributed by atoms with E-state index >= 15 is 0 Å². The molecule has 0 bridgehead atoms. The minimum absolute atomic E-state index is 0.119. The van der Waals surface area contributed by atoms with E-state index in [1.54, 1.807) is 6.20 Å². The molecule has 0 radical (unpaired) electrons. The van der Waals surface area contributed by atoms with Crippen molar-refractivity contribution in [2.75, 3.05) is 20.1 Å². The fourth-order valence-corrected chi connectivity index (χ4v) is 4.17. The van der Waals surface area contributed by atoms with Crippen LogP contribution in [0.15, 0.2) is 30.5 Å². The number of likely N-dealkylation sites (tertiary alicyclic amines) is 1. The molecular weight excluding hydrogens is 386 g/mol. The van der Waals surface area contributed by atoms with Crippen molar-refractivity contribution in [3.63, 3.8) is 0 Å². The summed E-state index contributed by atoms with van der Waals surface area (Å²) in [7, 11) is 1.92. The average Bonchev–Trinajstić information content (AvgIpc) is 2.95. The van der Waals surface area contributed by atoms with Crippen LogP contribution in [0.4, 0.5) is 0 Å². The van der Waals surface area contributed by atoms with Gasteiger partial charge in [-0.25, -0.2) is 9.59 Å². The number of hydrogen-bond donors (Lipinski definition) is 2. The Kier molecular flexibility index (Phi) is 8.53. The summed E-state index contributed by atoms with van der Waals surface area (Å²) < 4.78 is 0. The molecule has 0 saturated carbocycles. The Morgan fingerprint density at radius 1 is 1.17 bits per heavy atom. The molecule has 0 aliphatic carbocycles. The van der Waals surface area contributed by atoms with Crippen molar-refractivity contribution in [3.8, 4) is 0 Å².